The molecule has 6 N–H and O–H groups in total. The number of benzene rings is 1. The monoisotopic (exact) mass is 315 g/mol. The van der Waals surface area contributed by atoms with E-state index in [0.29, 0.717) is 0 Å². The number of nitrogens with one attached hydrogen (secondary N) is 1. The first-order chi connectivity index (χ1) is 9.64. The van der Waals surface area contributed by atoms with Crippen molar-refractivity contribution in [1.29, 1.82) is 0 Å². The standard InChI is InChI=1S/C10H13N5O5S/c1-21(19,20)15-8-6(4-13-18)2-5(9(16)17)3-7(8)14-10(11)12/h2-3,15H,4H2,1H3,(H,16,17)(H4,11,12,14). The van der Waals surface area contributed by atoms with Gasteiger partial charge in [-0.1, -0.05) is 5.18 Å². The minimum Gasteiger partial charge on any atom is -0.478 e. The zero-order valence-electron chi connectivity index (χ0n) is 10.9. The highest BCUT2D eigenvalue weighted by atomic mass is 32.2. The van der Waals surface area contributed by atoms with Gasteiger partial charge in [-0.3, -0.25) is 4.72 Å². The van der Waals surface area contributed by atoms with E-state index >= 15 is 0 Å². The quantitative estimate of drug-likeness (QED) is 0.322. The third kappa shape index (κ3) is 4.72. The van der Waals surface area contributed by atoms with Gasteiger partial charge in [-0.05, 0) is 12.1 Å². The van der Waals surface area contributed by atoms with Crippen LogP contribution in [0.3, 0.4) is 0 Å². The maximum atomic E-state index is 11.4. The number of carboxylic acid groups (broad SMARTS) is 1. The number of nitrogens with two attached hydrogens (primary N) is 2. The first-order valence-electron chi connectivity index (χ1n) is 5.41. The Bertz CT molecular complexity index is 709. The molecule has 1 aromatic carbocycles. The summed E-state index contributed by atoms with van der Waals surface area (Å²) in [6.45, 7) is -0.452. The molecular weight excluding hydrogens is 302 g/mol. The van der Waals surface area contributed by atoms with Gasteiger partial charge >= 0.3 is 5.97 Å². The minimum atomic E-state index is -3.70. The molecule has 114 valence electrons. The molecule has 0 saturated heterocycles. The molecule has 0 aliphatic rings. The molecule has 0 aliphatic carbocycles. The summed E-state index contributed by atoms with van der Waals surface area (Å²) in [6.07, 6.45) is 0.884. The molecule has 10 nitrogen and oxygen atoms in total. The van der Waals surface area contributed by atoms with Gasteiger partial charge in [0, 0.05) is 5.56 Å². The average molecular weight is 315 g/mol. The molecule has 1 rings (SSSR count). The molecule has 0 aliphatic heterocycles. The summed E-state index contributed by atoms with van der Waals surface area (Å²) in [5.74, 6) is -1.70. The zero-order chi connectivity index (χ0) is 16.2. The van der Waals surface area contributed by atoms with Crippen molar-refractivity contribution in [2.45, 2.75) is 6.54 Å². The van der Waals surface area contributed by atoms with Crippen LogP contribution in [-0.2, 0) is 16.6 Å². The Morgan fingerprint density at radius 1 is 1.38 bits per heavy atom. The number of sulfonamides is 1. The first-order valence-corrected chi connectivity index (χ1v) is 7.30. The maximum Gasteiger partial charge on any atom is 0.335 e. The summed E-state index contributed by atoms with van der Waals surface area (Å²) in [5, 5.41) is 11.6. The third-order valence-electron chi connectivity index (χ3n) is 2.22. The van der Waals surface area contributed by atoms with Gasteiger partial charge in [-0.2, -0.15) is 4.91 Å². The van der Waals surface area contributed by atoms with E-state index in [1.807, 2.05) is 0 Å². The molecule has 11 heteroatoms. The SMILES string of the molecule is CS(=O)(=O)Nc1c(CN=O)cc(C(=O)O)cc1N=C(N)N. The van der Waals surface area contributed by atoms with E-state index in [0.717, 1.165) is 18.4 Å². The van der Waals surface area contributed by atoms with Crippen LogP contribution in [0.4, 0.5) is 11.4 Å². The number of carboxylic acids is 1. The Balaban J connectivity index is 3.64. The number of hydrogen-bond donors (Lipinski definition) is 4. The largest absolute Gasteiger partial charge is 0.478 e. The Kier molecular flexibility index (Phi) is 4.81. The van der Waals surface area contributed by atoms with Crippen molar-refractivity contribution in [2.24, 2.45) is 21.6 Å². The molecule has 0 saturated carbocycles. The molecule has 0 amide bonds. The second kappa shape index (κ2) is 6.17. The van der Waals surface area contributed by atoms with E-state index in [4.69, 9.17) is 16.6 Å². The Morgan fingerprint density at radius 3 is 2.43 bits per heavy atom. The predicted molar refractivity (Wildman–Crippen MR) is 76.8 cm³/mol. The molecule has 0 radical (unpaired) electrons. The van der Waals surface area contributed by atoms with Crippen LogP contribution in [-0.4, -0.2) is 31.7 Å². The van der Waals surface area contributed by atoms with Crippen LogP contribution in [0.2, 0.25) is 0 Å². The highest BCUT2D eigenvalue weighted by molar-refractivity contribution is 7.92. The third-order valence-corrected chi connectivity index (χ3v) is 2.79. The molecular formula is C10H13N5O5S. The number of anilines is 1. The number of aromatic carboxylic acids is 1. The highest BCUT2D eigenvalue weighted by Crippen LogP contribution is 2.32. The second-order valence-corrected chi connectivity index (χ2v) is 5.78. The van der Waals surface area contributed by atoms with Gasteiger partial charge in [0.25, 0.3) is 0 Å². The van der Waals surface area contributed by atoms with Crippen LogP contribution >= 0.6 is 0 Å². The number of carbonyl (C=O) groups is 1. The smallest absolute Gasteiger partial charge is 0.335 e. The van der Waals surface area contributed by atoms with E-state index in [9.17, 15) is 18.1 Å². The fraction of sp³-hybridized carbons (Fsp3) is 0.200. The number of aliphatic imine (C=N–C) groups is 1. The lowest BCUT2D eigenvalue weighted by molar-refractivity contribution is 0.0697. The number of hydrogen-bond acceptors (Lipinski definition) is 6. The van der Waals surface area contributed by atoms with Crippen LogP contribution in [0.5, 0.6) is 0 Å². The number of nitroso groups, excluding NO2 is 1. The molecule has 1 aromatic rings. The summed E-state index contributed by atoms with van der Waals surface area (Å²) >= 11 is 0. The minimum absolute atomic E-state index is 0.0373. The van der Waals surface area contributed by atoms with E-state index in [2.05, 4.69) is 14.9 Å². The van der Waals surface area contributed by atoms with Gasteiger partial charge in [0.2, 0.25) is 10.0 Å². The van der Waals surface area contributed by atoms with Crippen molar-refractivity contribution in [3.05, 3.63) is 28.2 Å². The van der Waals surface area contributed by atoms with Crippen molar-refractivity contribution in [1.82, 2.24) is 0 Å². The normalized spacial score (nSPS) is 10.7. The van der Waals surface area contributed by atoms with Gasteiger partial charge in [0.1, 0.15) is 6.54 Å². The number of nitrogens with zero attached hydrogens (tertiary/aromatic N) is 2. The van der Waals surface area contributed by atoms with E-state index in [-0.39, 0.29) is 22.5 Å². The van der Waals surface area contributed by atoms with E-state index in [1.54, 1.807) is 0 Å². The van der Waals surface area contributed by atoms with Crippen LogP contribution < -0.4 is 16.2 Å². The first kappa shape index (κ1) is 16.4. The van der Waals surface area contributed by atoms with Crippen LogP contribution in [0.1, 0.15) is 15.9 Å². The van der Waals surface area contributed by atoms with Gasteiger partial charge in [-0.15, -0.1) is 0 Å². The van der Waals surface area contributed by atoms with Gasteiger partial charge < -0.3 is 16.6 Å². The van der Waals surface area contributed by atoms with Gasteiger partial charge in [0.05, 0.1) is 23.2 Å². The molecule has 0 bridgehead atoms. The molecule has 21 heavy (non-hydrogen) atoms. The predicted octanol–water partition coefficient (Wildman–Crippen LogP) is -0.0724. The summed E-state index contributed by atoms with van der Waals surface area (Å²) in [6, 6.07) is 2.19. The molecule has 0 unspecified atom stereocenters. The van der Waals surface area contributed by atoms with Crippen molar-refractivity contribution in [3.8, 4) is 0 Å². The summed E-state index contributed by atoms with van der Waals surface area (Å²) in [5.41, 5.74) is 10.0. The van der Waals surface area contributed by atoms with Crippen molar-refractivity contribution < 1.29 is 18.3 Å². The Hall–Kier alpha value is -2.69. The summed E-state index contributed by atoms with van der Waals surface area (Å²) in [7, 11) is -3.70. The average Bonchev–Trinajstić information content (AvgIpc) is 2.30. The lowest BCUT2D eigenvalue weighted by Crippen LogP contribution is -2.22. The van der Waals surface area contributed by atoms with E-state index in [1.165, 1.54) is 0 Å². The molecule has 0 fully saturated rings. The van der Waals surface area contributed by atoms with Crippen molar-refractivity contribution in [3.63, 3.8) is 0 Å². The van der Waals surface area contributed by atoms with E-state index < -0.39 is 28.5 Å². The highest BCUT2D eigenvalue weighted by Gasteiger charge is 2.17. The van der Waals surface area contributed by atoms with Crippen LogP contribution in [0, 0.1) is 4.91 Å². The summed E-state index contributed by atoms with van der Waals surface area (Å²) < 4.78 is 24.9. The lowest BCUT2D eigenvalue weighted by Gasteiger charge is -2.13. The maximum absolute atomic E-state index is 11.4. The number of rotatable bonds is 6. The Morgan fingerprint density at radius 2 is 2.00 bits per heavy atom. The second-order valence-electron chi connectivity index (χ2n) is 4.03. The van der Waals surface area contributed by atoms with Crippen LogP contribution in [0.25, 0.3) is 0 Å². The summed E-state index contributed by atoms with van der Waals surface area (Å²) in [4.78, 5) is 25.1. The molecule has 0 heterocycles. The van der Waals surface area contributed by atoms with Gasteiger partial charge in [-0.25, -0.2) is 18.2 Å². The number of guanidine groups is 1. The Labute approximate surface area is 119 Å². The van der Waals surface area contributed by atoms with Crippen molar-refractivity contribution in [2.75, 3.05) is 11.0 Å². The van der Waals surface area contributed by atoms with Crippen molar-refractivity contribution >= 4 is 33.3 Å². The van der Waals surface area contributed by atoms with Gasteiger partial charge in [0.15, 0.2) is 5.96 Å². The zero-order valence-corrected chi connectivity index (χ0v) is 11.7. The molecule has 0 spiro atoms. The fourth-order valence-corrected chi connectivity index (χ4v) is 2.14. The fourth-order valence-electron chi connectivity index (χ4n) is 1.53. The molecule has 0 atom stereocenters. The lowest BCUT2D eigenvalue weighted by atomic mass is 10.1. The topological polar surface area (TPSA) is 177 Å². The van der Waals surface area contributed by atoms with Crippen LogP contribution in [0.15, 0.2) is 22.3 Å². The molecule has 0 aromatic heterocycles.